The standard InChI is InChI=1S/C7H7NO.C6H12O3/c1-6-3-2-4-7(5-6)8-9;1-2-3-4-6(8)9-5-7/h2-5H,1H3;7H,2-5H2,1H3. The maximum absolute atomic E-state index is 10.4. The molecule has 0 amide bonds. The molecule has 0 radical (unpaired) electrons. The number of unbranched alkanes of at least 4 members (excludes halogenated alkanes) is 1. The Balaban J connectivity index is 0.000000321. The summed E-state index contributed by atoms with van der Waals surface area (Å²) < 4.78 is 4.26. The van der Waals surface area contributed by atoms with Crippen LogP contribution in [0.3, 0.4) is 0 Å². The van der Waals surface area contributed by atoms with Gasteiger partial charge in [0.25, 0.3) is 0 Å². The van der Waals surface area contributed by atoms with Crippen LogP contribution >= 0.6 is 0 Å². The molecule has 0 atom stereocenters. The number of carbonyl (C=O) groups excluding carboxylic acids is 1. The smallest absolute Gasteiger partial charge is 0.307 e. The van der Waals surface area contributed by atoms with Crippen LogP contribution in [-0.4, -0.2) is 17.9 Å². The number of carbonyl (C=O) groups is 1. The Kier molecular flexibility index (Phi) is 9.40. The van der Waals surface area contributed by atoms with Gasteiger partial charge in [0.15, 0.2) is 6.79 Å². The van der Waals surface area contributed by atoms with Gasteiger partial charge in [-0.1, -0.05) is 25.5 Å². The van der Waals surface area contributed by atoms with E-state index in [0.29, 0.717) is 12.1 Å². The largest absolute Gasteiger partial charge is 0.439 e. The number of hydrogen-bond acceptors (Lipinski definition) is 5. The SMILES string of the molecule is CCCCC(=O)OCO.Cc1cccc(N=O)c1. The summed E-state index contributed by atoms with van der Waals surface area (Å²) in [5.74, 6) is -0.320. The Morgan fingerprint density at radius 3 is 2.61 bits per heavy atom. The van der Waals surface area contributed by atoms with Gasteiger partial charge in [-0.05, 0) is 36.2 Å². The van der Waals surface area contributed by atoms with Crippen molar-refractivity contribution >= 4 is 11.7 Å². The van der Waals surface area contributed by atoms with Gasteiger partial charge in [0.1, 0.15) is 5.69 Å². The van der Waals surface area contributed by atoms with Crippen molar-refractivity contribution < 1.29 is 14.6 Å². The van der Waals surface area contributed by atoms with Crippen LogP contribution in [0.5, 0.6) is 0 Å². The maximum Gasteiger partial charge on any atom is 0.307 e. The van der Waals surface area contributed by atoms with Crippen molar-refractivity contribution in [3.8, 4) is 0 Å². The van der Waals surface area contributed by atoms with E-state index in [4.69, 9.17) is 5.11 Å². The molecule has 0 unspecified atom stereocenters. The third kappa shape index (κ3) is 8.41. The van der Waals surface area contributed by atoms with Crippen LogP contribution < -0.4 is 0 Å². The van der Waals surface area contributed by atoms with Gasteiger partial charge >= 0.3 is 5.97 Å². The lowest BCUT2D eigenvalue weighted by Crippen LogP contribution is -2.04. The van der Waals surface area contributed by atoms with E-state index in [2.05, 4.69) is 9.91 Å². The van der Waals surface area contributed by atoms with E-state index in [0.717, 1.165) is 18.4 Å². The van der Waals surface area contributed by atoms with Gasteiger partial charge in [-0.3, -0.25) is 4.79 Å². The molecule has 0 heterocycles. The van der Waals surface area contributed by atoms with Crippen molar-refractivity contribution in [3.05, 3.63) is 34.7 Å². The summed E-state index contributed by atoms with van der Waals surface area (Å²) in [4.78, 5) is 20.3. The summed E-state index contributed by atoms with van der Waals surface area (Å²) in [5.41, 5.74) is 1.56. The Morgan fingerprint density at radius 2 is 2.17 bits per heavy atom. The molecule has 1 aromatic rings. The van der Waals surface area contributed by atoms with E-state index >= 15 is 0 Å². The highest BCUT2D eigenvalue weighted by Crippen LogP contribution is 2.11. The molecule has 100 valence electrons. The quantitative estimate of drug-likeness (QED) is 0.497. The average Bonchev–Trinajstić information content (AvgIpc) is 2.37. The zero-order chi connectivity index (χ0) is 13.8. The third-order valence-corrected chi connectivity index (χ3v) is 2.07. The summed E-state index contributed by atoms with van der Waals surface area (Å²) in [6, 6.07) is 7.16. The number of ether oxygens (including phenoxy) is 1. The Labute approximate surface area is 107 Å². The number of hydrogen-bond donors (Lipinski definition) is 1. The Hall–Kier alpha value is -1.75. The molecule has 1 N–H and O–H groups in total. The molecule has 1 aromatic carbocycles. The monoisotopic (exact) mass is 253 g/mol. The molecule has 5 nitrogen and oxygen atoms in total. The number of aryl methyl sites for hydroxylation is 1. The number of aliphatic hydroxyl groups is 1. The number of esters is 1. The number of aliphatic hydroxyl groups excluding tert-OH is 1. The van der Waals surface area contributed by atoms with E-state index < -0.39 is 6.79 Å². The van der Waals surface area contributed by atoms with Crippen molar-refractivity contribution in [1.29, 1.82) is 0 Å². The first-order valence-corrected chi connectivity index (χ1v) is 5.80. The number of rotatable bonds is 5. The molecule has 0 saturated carbocycles. The summed E-state index contributed by atoms with van der Waals surface area (Å²) in [6.45, 7) is 3.42. The molecule has 0 bridgehead atoms. The van der Waals surface area contributed by atoms with Crippen molar-refractivity contribution in [1.82, 2.24) is 0 Å². The molecule has 0 fully saturated rings. The van der Waals surface area contributed by atoms with E-state index in [1.807, 2.05) is 26.0 Å². The van der Waals surface area contributed by atoms with Crippen molar-refractivity contribution in [2.45, 2.75) is 33.1 Å². The number of nitroso groups, excluding NO2 is 1. The van der Waals surface area contributed by atoms with Gasteiger partial charge < -0.3 is 9.84 Å². The van der Waals surface area contributed by atoms with E-state index in [1.54, 1.807) is 12.1 Å². The molecular formula is C13H19NO4. The van der Waals surface area contributed by atoms with Crippen LogP contribution in [-0.2, 0) is 9.53 Å². The summed E-state index contributed by atoms with van der Waals surface area (Å²) in [6.07, 6.45) is 2.22. The first kappa shape index (κ1) is 16.2. The summed E-state index contributed by atoms with van der Waals surface area (Å²) in [5, 5.41) is 10.9. The molecule has 0 aromatic heterocycles. The number of benzene rings is 1. The molecule has 0 aliphatic heterocycles. The molecule has 18 heavy (non-hydrogen) atoms. The molecule has 0 aliphatic carbocycles. The van der Waals surface area contributed by atoms with E-state index in [-0.39, 0.29) is 5.97 Å². The van der Waals surface area contributed by atoms with Crippen LogP contribution in [0.4, 0.5) is 5.69 Å². The molecule has 0 saturated heterocycles. The van der Waals surface area contributed by atoms with E-state index in [9.17, 15) is 9.70 Å². The normalized spacial score (nSPS) is 9.06. The number of nitrogens with zero attached hydrogens (tertiary/aromatic N) is 1. The van der Waals surface area contributed by atoms with Crippen LogP contribution in [0, 0.1) is 11.8 Å². The molecule has 5 heteroatoms. The van der Waals surface area contributed by atoms with Gasteiger partial charge in [-0.15, -0.1) is 4.91 Å². The van der Waals surface area contributed by atoms with Crippen LogP contribution in [0.25, 0.3) is 0 Å². The second kappa shape index (κ2) is 10.4. The molecule has 0 spiro atoms. The Morgan fingerprint density at radius 1 is 1.44 bits per heavy atom. The molecular weight excluding hydrogens is 234 g/mol. The predicted molar refractivity (Wildman–Crippen MR) is 69.3 cm³/mol. The van der Waals surface area contributed by atoms with Gasteiger partial charge in [0.05, 0.1) is 0 Å². The minimum absolute atomic E-state index is 0.320. The minimum atomic E-state index is -0.497. The fourth-order valence-electron chi connectivity index (χ4n) is 1.15. The fourth-order valence-corrected chi connectivity index (χ4v) is 1.15. The highest BCUT2D eigenvalue weighted by atomic mass is 16.6. The highest BCUT2D eigenvalue weighted by Gasteiger charge is 1.98. The zero-order valence-electron chi connectivity index (χ0n) is 10.8. The minimum Gasteiger partial charge on any atom is -0.439 e. The van der Waals surface area contributed by atoms with Crippen LogP contribution in [0.1, 0.15) is 31.7 Å². The third-order valence-electron chi connectivity index (χ3n) is 2.07. The summed E-state index contributed by atoms with van der Waals surface area (Å²) in [7, 11) is 0. The van der Waals surface area contributed by atoms with Gasteiger partial charge in [0.2, 0.25) is 0 Å². The van der Waals surface area contributed by atoms with Crippen molar-refractivity contribution in [3.63, 3.8) is 0 Å². The molecule has 0 aliphatic rings. The van der Waals surface area contributed by atoms with Crippen LogP contribution in [0.15, 0.2) is 29.4 Å². The zero-order valence-corrected chi connectivity index (χ0v) is 10.8. The highest BCUT2D eigenvalue weighted by molar-refractivity contribution is 5.69. The lowest BCUT2D eigenvalue weighted by atomic mass is 10.2. The first-order chi connectivity index (χ1) is 8.63. The van der Waals surface area contributed by atoms with Crippen molar-refractivity contribution in [2.75, 3.05) is 6.79 Å². The van der Waals surface area contributed by atoms with Crippen LogP contribution in [0.2, 0.25) is 0 Å². The average molecular weight is 253 g/mol. The fraction of sp³-hybridized carbons (Fsp3) is 0.462. The molecule has 1 rings (SSSR count). The van der Waals surface area contributed by atoms with Gasteiger partial charge in [-0.25, -0.2) is 0 Å². The van der Waals surface area contributed by atoms with Gasteiger partial charge in [0, 0.05) is 6.42 Å². The predicted octanol–water partition coefficient (Wildman–Crippen LogP) is 3.06. The first-order valence-electron chi connectivity index (χ1n) is 5.80. The lowest BCUT2D eigenvalue weighted by molar-refractivity contribution is -0.151. The maximum atomic E-state index is 10.4. The topological polar surface area (TPSA) is 76.0 Å². The van der Waals surface area contributed by atoms with Gasteiger partial charge in [-0.2, -0.15) is 0 Å². The van der Waals surface area contributed by atoms with Crippen molar-refractivity contribution in [2.24, 2.45) is 5.18 Å². The Bertz CT molecular complexity index is 366. The van der Waals surface area contributed by atoms with E-state index in [1.165, 1.54) is 0 Å². The second-order valence-corrected chi connectivity index (χ2v) is 3.68. The lowest BCUT2D eigenvalue weighted by Gasteiger charge is -1.97. The second-order valence-electron chi connectivity index (χ2n) is 3.68. The summed E-state index contributed by atoms with van der Waals surface area (Å²) >= 11 is 0.